The van der Waals surface area contributed by atoms with E-state index in [1.165, 1.54) is 0 Å². The minimum absolute atomic E-state index is 0.0965. The van der Waals surface area contributed by atoms with Crippen LogP contribution >= 0.6 is 0 Å². The number of furan rings is 1. The highest BCUT2D eigenvalue weighted by atomic mass is 16.5. The van der Waals surface area contributed by atoms with Crippen LogP contribution in [-0.2, 0) is 22.6 Å². The van der Waals surface area contributed by atoms with E-state index in [4.69, 9.17) is 13.9 Å². The molecule has 1 aromatic heterocycles. The van der Waals surface area contributed by atoms with Crippen LogP contribution in [0.25, 0.3) is 0 Å². The van der Waals surface area contributed by atoms with Crippen molar-refractivity contribution in [2.24, 2.45) is 0 Å². The summed E-state index contributed by atoms with van der Waals surface area (Å²) < 4.78 is 16.8. The molecule has 0 aliphatic carbocycles. The smallest absolute Gasteiger partial charge is 0.118 e. The Bertz CT molecular complexity index is 427. The van der Waals surface area contributed by atoms with Gasteiger partial charge in [0.15, 0.2) is 0 Å². The van der Waals surface area contributed by atoms with E-state index in [-0.39, 0.29) is 17.7 Å². The molecule has 1 aliphatic rings. The van der Waals surface area contributed by atoms with E-state index >= 15 is 0 Å². The average molecular weight is 296 g/mol. The average Bonchev–Trinajstić information content (AvgIpc) is 3.02. The lowest BCUT2D eigenvalue weighted by Gasteiger charge is -2.19. The number of hydrogen-bond acceptors (Lipinski definition) is 5. The topological polar surface area (TPSA) is 46.9 Å². The van der Waals surface area contributed by atoms with Crippen molar-refractivity contribution >= 4 is 0 Å². The Morgan fingerprint density at radius 3 is 2.24 bits per heavy atom. The van der Waals surface area contributed by atoms with Crippen molar-refractivity contribution in [2.75, 3.05) is 27.3 Å². The fourth-order valence-corrected chi connectivity index (χ4v) is 2.58. The van der Waals surface area contributed by atoms with Gasteiger partial charge in [0.25, 0.3) is 0 Å². The SMILES string of the molecule is COC1CN(Cc2ccc(CNC(C)(C)C)o2)CC1OC. The van der Waals surface area contributed by atoms with Gasteiger partial charge in [-0.3, -0.25) is 4.90 Å². The molecule has 0 aromatic carbocycles. The summed E-state index contributed by atoms with van der Waals surface area (Å²) in [7, 11) is 3.48. The van der Waals surface area contributed by atoms with Crippen LogP contribution in [0.1, 0.15) is 32.3 Å². The van der Waals surface area contributed by atoms with Gasteiger partial charge in [0.1, 0.15) is 11.5 Å². The summed E-state index contributed by atoms with van der Waals surface area (Å²) in [5, 5.41) is 3.43. The Morgan fingerprint density at radius 2 is 1.71 bits per heavy atom. The highest BCUT2D eigenvalue weighted by Gasteiger charge is 2.33. The third-order valence-corrected chi connectivity index (χ3v) is 3.79. The molecule has 2 unspecified atom stereocenters. The first-order valence-electron chi connectivity index (χ1n) is 7.52. The predicted molar refractivity (Wildman–Crippen MR) is 82.2 cm³/mol. The molecule has 0 saturated carbocycles. The molecule has 0 spiro atoms. The Hall–Kier alpha value is -0.880. The van der Waals surface area contributed by atoms with Crippen LogP contribution in [0, 0.1) is 0 Å². The van der Waals surface area contributed by atoms with Crippen LogP contribution in [0.5, 0.6) is 0 Å². The second kappa shape index (κ2) is 6.92. The minimum atomic E-state index is 0.0965. The standard InChI is InChI=1S/C16H28N2O3/c1-16(2,3)17-8-12-6-7-13(21-12)9-18-10-14(19-4)15(11-18)20-5/h6-7,14-15,17H,8-11H2,1-5H3. The molecular formula is C16H28N2O3. The van der Waals surface area contributed by atoms with Crippen molar-refractivity contribution in [2.45, 2.75) is 51.6 Å². The molecule has 1 saturated heterocycles. The Kier molecular flexibility index (Phi) is 5.43. The molecule has 2 rings (SSSR count). The molecule has 0 bridgehead atoms. The maximum Gasteiger partial charge on any atom is 0.118 e. The van der Waals surface area contributed by atoms with Crippen LogP contribution in [0.3, 0.4) is 0 Å². The van der Waals surface area contributed by atoms with Crippen molar-refractivity contribution in [3.05, 3.63) is 23.7 Å². The summed E-state index contributed by atoms with van der Waals surface area (Å²) in [6.07, 6.45) is 0.291. The fraction of sp³-hybridized carbons (Fsp3) is 0.750. The normalized spacial score (nSPS) is 23.9. The predicted octanol–water partition coefficient (Wildman–Crippen LogP) is 2.01. The first-order valence-corrected chi connectivity index (χ1v) is 7.52. The second-order valence-corrected chi connectivity index (χ2v) is 6.71. The van der Waals surface area contributed by atoms with Crippen molar-refractivity contribution < 1.29 is 13.9 Å². The highest BCUT2D eigenvalue weighted by molar-refractivity contribution is 5.08. The maximum atomic E-state index is 5.89. The van der Waals surface area contributed by atoms with Gasteiger partial charge < -0.3 is 19.2 Å². The largest absolute Gasteiger partial charge is 0.463 e. The van der Waals surface area contributed by atoms with Crippen LogP contribution in [0.4, 0.5) is 0 Å². The zero-order chi connectivity index (χ0) is 15.5. The van der Waals surface area contributed by atoms with Gasteiger partial charge in [0.2, 0.25) is 0 Å². The van der Waals surface area contributed by atoms with Gasteiger partial charge in [-0.2, -0.15) is 0 Å². The number of methoxy groups -OCH3 is 2. The molecule has 5 nitrogen and oxygen atoms in total. The Balaban J connectivity index is 1.85. The maximum absolute atomic E-state index is 5.89. The third kappa shape index (κ3) is 4.81. The summed E-state index contributed by atoms with van der Waals surface area (Å²) >= 11 is 0. The van der Waals surface area contributed by atoms with Gasteiger partial charge in [0, 0.05) is 32.8 Å². The summed E-state index contributed by atoms with van der Waals surface area (Å²) in [6.45, 7) is 9.77. The molecule has 2 heterocycles. The lowest BCUT2D eigenvalue weighted by molar-refractivity contribution is -0.00461. The summed E-state index contributed by atoms with van der Waals surface area (Å²) in [4.78, 5) is 2.31. The van der Waals surface area contributed by atoms with Crippen molar-refractivity contribution in [3.8, 4) is 0 Å². The van der Waals surface area contributed by atoms with Crippen LogP contribution in [0.15, 0.2) is 16.5 Å². The fourth-order valence-electron chi connectivity index (χ4n) is 2.58. The Labute approximate surface area is 127 Å². The molecule has 0 amide bonds. The molecule has 1 aromatic rings. The number of ether oxygens (including phenoxy) is 2. The van der Waals surface area contributed by atoms with E-state index in [2.05, 4.69) is 37.1 Å². The van der Waals surface area contributed by atoms with Crippen LogP contribution < -0.4 is 5.32 Å². The summed E-state index contributed by atoms with van der Waals surface area (Å²) in [5.41, 5.74) is 0.0965. The molecule has 1 fully saturated rings. The molecule has 5 heteroatoms. The van der Waals surface area contributed by atoms with E-state index < -0.39 is 0 Å². The molecule has 21 heavy (non-hydrogen) atoms. The van der Waals surface area contributed by atoms with Crippen molar-refractivity contribution in [1.82, 2.24) is 10.2 Å². The van der Waals surface area contributed by atoms with E-state index in [1.54, 1.807) is 14.2 Å². The molecule has 0 radical (unpaired) electrons. The van der Waals surface area contributed by atoms with Gasteiger partial charge in [-0.1, -0.05) is 0 Å². The van der Waals surface area contributed by atoms with Crippen molar-refractivity contribution in [1.29, 1.82) is 0 Å². The summed E-state index contributed by atoms with van der Waals surface area (Å²) in [6, 6.07) is 4.10. The van der Waals surface area contributed by atoms with E-state index in [9.17, 15) is 0 Å². The first-order chi connectivity index (χ1) is 9.91. The second-order valence-electron chi connectivity index (χ2n) is 6.71. The van der Waals surface area contributed by atoms with Gasteiger partial charge >= 0.3 is 0 Å². The lowest BCUT2D eigenvalue weighted by Crippen LogP contribution is -2.34. The van der Waals surface area contributed by atoms with Gasteiger partial charge in [-0.05, 0) is 32.9 Å². The first kappa shape index (κ1) is 16.5. The molecule has 1 N–H and O–H groups in total. The van der Waals surface area contributed by atoms with E-state index in [0.29, 0.717) is 0 Å². The monoisotopic (exact) mass is 296 g/mol. The van der Waals surface area contributed by atoms with Gasteiger partial charge in [-0.15, -0.1) is 0 Å². The van der Waals surface area contributed by atoms with Crippen LogP contribution in [-0.4, -0.2) is 50.0 Å². The molecule has 120 valence electrons. The number of nitrogens with one attached hydrogen (secondary N) is 1. The zero-order valence-corrected chi connectivity index (χ0v) is 13.8. The Morgan fingerprint density at radius 1 is 1.14 bits per heavy atom. The number of nitrogens with zero attached hydrogens (tertiary/aromatic N) is 1. The number of hydrogen-bond donors (Lipinski definition) is 1. The van der Waals surface area contributed by atoms with E-state index in [1.807, 2.05) is 6.07 Å². The highest BCUT2D eigenvalue weighted by Crippen LogP contribution is 2.19. The van der Waals surface area contributed by atoms with Crippen molar-refractivity contribution in [3.63, 3.8) is 0 Å². The molecule has 2 atom stereocenters. The quantitative estimate of drug-likeness (QED) is 0.870. The van der Waals surface area contributed by atoms with E-state index in [0.717, 1.165) is 37.7 Å². The lowest BCUT2D eigenvalue weighted by atomic mass is 10.1. The van der Waals surface area contributed by atoms with Gasteiger partial charge in [0.05, 0.1) is 25.3 Å². The molecular weight excluding hydrogens is 268 g/mol. The van der Waals surface area contributed by atoms with Gasteiger partial charge in [-0.25, -0.2) is 0 Å². The minimum Gasteiger partial charge on any atom is -0.463 e. The van der Waals surface area contributed by atoms with Crippen LogP contribution in [0.2, 0.25) is 0 Å². The summed E-state index contributed by atoms with van der Waals surface area (Å²) in [5.74, 6) is 1.97. The third-order valence-electron chi connectivity index (χ3n) is 3.79. The number of likely N-dealkylation sites (tertiary alicyclic amines) is 1. The molecule has 1 aliphatic heterocycles. The zero-order valence-electron chi connectivity index (χ0n) is 13.8. The number of rotatable bonds is 6.